The lowest BCUT2D eigenvalue weighted by molar-refractivity contribution is -0.0621. The molecular formula is C6H9F3O3SSi. The summed E-state index contributed by atoms with van der Waals surface area (Å²) in [6.07, 6.45) is -5.85. The summed E-state index contributed by atoms with van der Waals surface area (Å²) in [6.45, 7) is 3.09. The molecule has 0 aliphatic carbocycles. The van der Waals surface area contributed by atoms with E-state index in [2.05, 4.69) is 0 Å². The number of halogens is 3. The van der Waals surface area contributed by atoms with Crippen molar-refractivity contribution in [3.8, 4) is 0 Å². The van der Waals surface area contributed by atoms with E-state index in [1.807, 2.05) is 0 Å². The summed E-state index contributed by atoms with van der Waals surface area (Å²) in [5, 5.41) is 0. The van der Waals surface area contributed by atoms with Crippen molar-refractivity contribution in [2.24, 2.45) is 0 Å². The lowest BCUT2D eigenvalue weighted by Crippen LogP contribution is -2.38. The van der Waals surface area contributed by atoms with E-state index in [0.29, 0.717) is 0 Å². The van der Waals surface area contributed by atoms with Crippen LogP contribution >= 0.6 is 0 Å². The van der Waals surface area contributed by atoms with Crippen molar-refractivity contribution in [3.63, 3.8) is 0 Å². The first-order chi connectivity index (χ1) is 6.26. The van der Waals surface area contributed by atoms with E-state index in [-0.39, 0.29) is 6.61 Å². The van der Waals surface area contributed by atoms with Crippen LogP contribution < -0.4 is 0 Å². The summed E-state index contributed by atoms with van der Waals surface area (Å²) in [5.74, 6) is 0. The van der Waals surface area contributed by atoms with Gasteiger partial charge in [-0.3, -0.25) is 0 Å². The fourth-order valence-electron chi connectivity index (χ4n) is 1.10. The molecule has 82 valence electrons. The third-order valence-corrected chi connectivity index (χ3v) is 4.06. The predicted molar refractivity (Wildman–Crippen MR) is 47.5 cm³/mol. The van der Waals surface area contributed by atoms with Gasteiger partial charge in [-0.15, -0.1) is 0 Å². The minimum Gasteiger partial charge on any atom is -0.391 e. The van der Waals surface area contributed by atoms with E-state index in [4.69, 9.17) is 8.85 Å². The van der Waals surface area contributed by atoms with Crippen molar-refractivity contribution in [2.45, 2.75) is 25.4 Å². The van der Waals surface area contributed by atoms with Crippen LogP contribution in [0.5, 0.6) is 0 Å². The Labute approximate surface area is 83.5 Å². The van der Waals surface area contributed by atoms with Crippen LogP contribution in [0.25, 0.3) is 0 Å². The molecule has 0 N–H and O–H groups in total. The molecule has 0 aromatic heterocycles. The fourth-order valence-corrected chi connectivity index (χ4v) is 2.99. The zero-order valence-electron chi connectivity index (χ0n) is 7.55. The van der Waals surface area contributed by atoms with E-state index >= 15 is 0 Å². The highest BCUT2D eigenvalue weighted by atomic mass is 32.1. The van der Waals surface area contributed by atoms with E-state index in [1.165, 1.54) is 0 Å². The van der Waals surface area contributed by atoms with Crippen molar-refractivity contribution < 1.29 is 26.2 Å². The molecular weight excluding hydrogens is 237 g/mol. The second-order valence-electron chi connectivity index (χ2n) is 3.26. The van der Waals surface area contributed by atoms with Gasteiger partial charge in [-0.25, -0.2) is 4.21 Å². The van der Waals surface area contributed by atoms with Crippen molar-refractivity contribution in [3.05, 3.63) is 0 Å². The molecule has 0 spiro atoms. The Kier molecular flexibility index (Phi) is 3.19. The van der Waals surface area contributed by atoms with Gasteiger partial charge in [-0.2, -0.15) is 13.2 Å². The van der Waals surface area contributed by atoms with Crippen LogP contribution in [0.15, 0.2) is 0 Å². The van der Waals surface area contributed by atoms with Crippen LogP contribution in [0.2, 0.25) is 13.1 Å². The van der Waals surface area contributed by atoms with Gasteiger partial charge < -0.3 is 8.85 Å². The maximum Gasteiger partial charge on any atom is 0.427 e. The molecule has 0 radical (unpaired) electrons. The van der Waals surface area contributed by atoms with E-state index in [1.54, 1.807) is 13.1 Å². The Morgan fingerprint density at radius 2 is 2.07 bits per heavy atom. The van der Waals surface area contributed by atoms with Crippen molar-refractivity contribution >= 4 is 24.7 Å². The highest BCUT2D eigenvalue weighted by Gasteiger charge is 2.47. The van der Waals surface area contributed by atoms with Crippen LogP contribution in [-0.4, -0.2) is 36.5 Å². The molecule has 0 aromatic rings. The molecule has 1 atom stereocenters. The molecule has 1 fully saturated rings. The number of alkyl halides is 3. The second-order valence-corrected chi connectivity index (χ2v) is 7.19. The van der Waals surface area contributed by atoms with Gasteiger partial charge in [-0.1, -0.05) is 0 Å². The zero-order chi connectivity index (χ0) is 11.0. The Bertz CT molecular complexity index is 285. The molecule has 0 aromatic carbocycles. The Hall–Kier alpha value is -0.183. The minimum atomic E-state index is -4.62. The lowest BCUT2D eigenvalue weighted by atomic mass is 10.2. The third-order valence-electron chi connectivity index (χ3n) is 1.67. The van der Waals surface area contributed by atoms with Crippen LogP contribution in [0.1, 0.15) is 0 Å². The van der Waals surface area contributed by atoms with Crippen molar-refractivity contribution in [2.75, 3.05) is 6.61 Å². The topological polar surface area (TPSA) is 35.5 Å². The fraction of sp³-hybridized carbons (Fsp3) is 0.833. The molecule has 0 saturated carbocycles. The Balaban J connectivity index is 2.81. The average Bonchev–Trinajstić information content (AvgIpc) is 2.29. The van der Waals surface area contributed by atoms with Crippen molar-refractivity contribution in [1.29, 1.82) is 0 Å². The molecule has 3 nitrogen and oxygen atoms in total. The van der Waals surface area contributed by atoms with Crippen LogP contribution in [0, 0.1) is 0 Å². The predicted octanol–water partition coefficient (Wildman–Crippen LogP) is 1.05. The first-order valence-electron chi connectivity index (χ1n) is 3.82. The van der Waals surface area contributed by atoms with Crippen molar-refractivity contribution in [1.82, 2.24) is 0 Å². The molecule has 0 bridgehead atoms. The maximum atomic E-state index is 12.2. The smallest absolute Gasteiger partial charge is 0.391 e. The summed E-state index contributed by atoms with van der Waals surface area (Å²) >= 11 is -0.566. The summed E-state index contributed by atoms with van der Waals surface area (Å²) in [6, 6.07) is 0. The number of hydrogen-bond donors (Lipinski definition) is 0. The van der Waals surface area contributed by atoms with E-state index < -0.39 is 37.0 Å². The van der Waals surface area contributed by atoms with Crippen LogP contribution in [0.4, 0.5) is 13.2 Å². The molecule has 1 unspecified atom stereocenters. The van der Waals surface area contributed by atoms with Gasteiger partial charge in [0.05, 0.1) is 17.9 Å². The highest BCUT2D eigenvalue weighted by Crippen LogP contribution is 2.26. The lowest BCUT2D eigenvalue weighted by Gasteiger charge is -2.15. The number of rotatable bonds is 1. The van der Waals surface area contributed by atoms with E-state index in [9.17, 15) is 17.4 Å². The monoisotopic (exact) mass is 246 g/mol. The Morgan fingerprint density at radius 3 is 2.36 bits per heavy atom. The molecule has 0 amide bonds. The number of hydrogen-bond acceptors (Lipinski definition) is 3. The molecule has 1 aliphatic heterocycles. The van der Waals surface area contributed by atoms with Gasteiger partial charge in [0.2, 0.25) is 0 Å². The first kappa shape index (κ1) is 11.9. The van der Waals surface area contributed by atoms with Gasteiger partial charge in [-0.05, 0) is 13.1 Å². The normalized spacial score (nSPS) is 26.2. The molecule has 1 rings (SSSR count). The van der Waals surface area contributed by atoms with Gasteiger partial charge >= 0.3 is 14.7 Å². The summed E-state index contributed by atoms with van der Waals surface area (Å²) in [7, 11) is -2.43. The van der Waals surface area contributed by atoms with Crippen LogP contribution in [-0.2, 0) is 20.1 Å². The second kappa shape index (κ2) is 3.76. The SMILES string of the molecule is C[Si]1(C)OCC(C(=S=O)C(F)(F)F)O1. The van der Waals surface area contributed by atoms with Gasteiger partial charge in [0.1, 0.15) is 6.10 Å². The van der Waals surface area contributed by atoms with E-state index in [0.717, 1.165) is 0 Å². The van der Waals surface area contributed by atoms with Gasteiger partial charge in [0, 0.05) is 0 Å². The standard InChI is InChI=1S/C6H9F3O3SSi/c1-14(2)11-3-4(12-14)5(13-10)6(7,8)9/h4H,3H2,1-2H3. The highest BCUT2D eigenvalue weighted by molar-refractivity contribution is 7.66. The average molecular weight is 246 g/mol. The summed E-state index contributed by atoms with van der Waals surface area (Å²) in [5.41, 5.74) is 0. The first-order valence-corrected chi connectivity index (χ1v) is 7.38. The van der Waals surface area contributed by atoms with Gasteiger partial charge in [0.15, 0.2) is 4.86 Å². The molecule has 1 aliphatic rings. The largest absolute Gasteiger partial charge is 0.427 e. The van der Waals surface area contributed by atoms with Gasteiger partial charge in [0.25, 0.3) is 0 Å². The Morgan fingerprint density at radius 1 is 1.50 bits per heavy atom. The minimum absolute atomic E-state index is 0.177. The maximum absolute atomic E-state index is 12.2. The molecule has 14 heavy (non-hydrogen) atoms. The summed E-state index contributed by atoms with van der Waals surface area (Å²) in [4.78, 5) is -1.16. The molecule has 8 heteroatoms. The summed E-state index contributed by atoms with van der Waals surface area (Å²) < 4.78 is 57.2. The quantitative estimate of drug-likeness (QED) is 0.512. The third kappa shape index (κ3) is 2.66. The zero-order valence-corrected chi connectivity index (χ0v) is 9.37. The molecule has 1 saturated heterocycles. The van der Waals surface area contributed by atoms with Crippen LogP contribution in [0.3, 0.4) is 0 Å². The molecule has 1 heterocycles.